The van der Waals surface area contributed by atoms with Gasteiger partial charge in [0.25, 0.3) is 0 Å². The first-order chi connectivity index (χ1) is 9.15. The number of rotatable bonds is 2. The van der Waals surface area contributed by atoms with Crippen LogP contribution < -0.4 is 5.73 Å². The minimum Gasteiger partial charge on any atom is -0.380 e. The third-order valence-corrected chi connectivity index (χ3v) is 4.45. The summed E-state index contributed by atoms with van der Waals surface area (Å²) in [5, 5.41) is 5.75. The molecule has 2 aromatic heterocycles. The number of halogens is 2. The van der Waals surface area contributed by atoms with E-state index in [4.69, 9.17) is 10.3 Å². The van der Waals surface area contributed by atoms with Crippen LogP contribution in [-0.2, 0) is 0 Å². The molecular weight excluding hydrogens is 378 g/mol. The standard InChI is InChI=1S/C13H8FIN2OS/c14-9-3-1-2-7(4-9)11-12(18-17-13(11)16)8-5-10(15)19-6-8/h1-6H,(H2,16,17). The second kappa shape index (κ2) is 4.93. The quantitative estimate of drug-likeness (QED) is 0.665. The van der Waals surface area contributed by atoms with Crippen molar-refractivity contribution < 1.29 is 8.91 Å². The van der Waals surface area contributed by atoms with Gasteiger partial charge < -0.3 is 10.3 Å². The zero-order chi connectivity index (χ0) is 13.4. The highest BCUT2D eigenvalue weighted by Crippen LogP contribution is 2.38. The van der Waals surface area contributed by atoms with Crippen LogP contribution in [0.2, 0.25) is 0 Å². The molecule has 0 saturated heterocycles. The van der Waals surface area contributed by atoms with Gasteiger partial charge in [-0.15, -0.1) is 11.3 Å². The molecule has 0 aliphatic carbocycles. The molecule has 2 N–H and O–H groups in total. The van der Waals surface area contributed by atoms with Gasteiger partial charge in [-0.3, -0.25) is 0 Å². The minimum absolute atomic E-state index is 0.266. The van der Waals surface area contributed by atoms with Gasteiger partial charge in [-0.2, -0.15) is 0 Å². The van der Waals surface area contributed by atoms with Crippen LogP contribution in [0.15, 0.2) is 40.2 Å². The molecule has 2 heterocycles. The molecule has 0 atom stereocenters. The van der Waals surface area contributed by atoms with E-state index in [0.29, 0.717) is 16.9 Å². The van der Waals surface area contributed by atoms with Crippen LogP contribution in [0, 0.1) is 8.70 Å². The molecule has 3 rings (SSSR count). The van der Waals surface area contributed by atoms with E-state index in [1.54, 1.807) is 23.5 Å². The number of nitrogens with zero attached hydrogens (tertiary/aromatic N) is 1. The van der Waals surface area contributed by atoms with E-state index in [2.05, 4.69) is 27.7 Å². The third kappa shape index (κ3) is 2.37. The lowest BCUT2D eigenvalue weighted by molar-refractivity contribution is 0.436. The average Bonchev–Trinajstić information content (AvgIpc) is 2.95. The van der Waals surface area contributed by atoms with Gasteiger partial charge in [0.1, 0.15) is 5.82 Å². The number of benzene rings is 1. The van der Waals surface area contributed by atoms with Gasteiger partial charge in [-0.1, -0.05) is 17.3 Å². The Labute approximate surface area is 126 Å². The van der Waals surface area contributed by atoms with Crippen LogP contribution in [0.5, 0.6) is 0 Å². The van der Waals surface area contributed by atoms with E-state index in [9.17, 15) is 4.39 Å². The van der Waals surface area contributed by atoms with Crippen molar-refractivity contribution in [3.05, 3.63) is 44.4 Å². The van der Waals surface area contributed by atoms with E-state index < -0.39 is 0 Å². The predicted octanol–water partition coefficient (Wildman–Crippen LogP) is 4.40. The number of nitrogen functional groups attached to an aromatic ring is 1. The third-order valence-electron chi connectivity index (χ3n) is 2.66. The first-order valence-corrected chi connectivity index (χ1v) is 7.36. The fourth-order valence-electron chi connectivity index (χ4n) is 1.85. The van der Waals surface area contributed by atoms with Crippen molar-refractivity contribution in [2.75, 3.05) is 5.73 Å². The Kier molecular flexibility index (Phi) is 3.28. The van der Waals surface area contributed by atoms with Gasteiger partial charge in [0.05, 0.1) is 8.45 Å². The highest BCUT2D eigenvalue weighted by molar-refractivity contribution is 14.1. The number of hydrogen-bond donors (Lipinski definition) is 1. The molecule has 0 aliphatic heterocycles. The van der Waals surface area contributed by atoms with Crippen molar-refractivity contribution in [2.24, 2.45) is 0 Å². The second-order valence-corrected chi connectivity index (χ2v) is 6.73. The first kappa shape index (κ1) is 12.6. The molecule has 6 heteroatoms. The lowest BCUT2D eigenvalue weighted by Crippen LogP contribution is -1.89. The molecule has 3 aromatic rings. The van der Waals surface area contributed by atoms with Crippen LogP contribution in [0.3, 0.4) is 0 Å². The number of anilines is 1. The Morgan fingerprint density at radius 1 is 1.26 bits per heavy atom. The fraction of sp³-hybridized carbons (Fsp3) is 0. The van der Waals surface area contributed by atoms with Crippen LogP contribution >= 0.6 is 33.9 Å². The summed E-state index contributed by atoms with van der Waals surface area (Å²) in [6.07, 6.45) is 0. The lowest BCUT2D eigenvalue weighted by Gasteiger charge is -2.01. The topological polar surface area (TPSA) is 52.0 Å². The van der Waals surface area contributed by atoms with Crippen molar-refractivity contribution in [1.29, 1.82) is 0 Å². The van der Waals surface area contributed by atoms with Gasteiger partial charge in [0.2, 0.25) is 0 Å². The fourth-order valence-corrected chi connectivity index (χ4v) is 3.18. The van der Waals surface area contributed by atoms with Gasteiger partial charge in [0.15, 0.2) is 11.6 Å². The molecule has 1 aromatic carbocycles. The van der Waals surface area contributed by atoms with Crippen molar-refractivity contribution in [3.63, 3.8) is 0 Å². The zero-order valence-electron chi connectivity index (χ0n) is 9.56. The van der Waals surface area contributed by atoms with Crippen molar-refractivity contribution in [1.82, 2.24) is 5.16 Å². The summed E-state index contributed by atoms with van der Waals surface area (Å²) >= 11 is 3.83. The van der Waals surface area contributed by atoms with E-state index >= 15 is 0 Å². The molecule has 0 aliphatic rings. The Morgan fingerprint density at radius 2 is 2.11 bits per heavy atom. The maximum atomic E-state index is 13.3. The summed E-state index contributed by atoms with van der Waals surface area (Å²) in [7, 11) is 0. The summed E-state index contributed by atoms with van der Waals surface area (Å²) in [6, 6.07) is 8.21. The minimum atomic E-state index is -0.316. The first-order valence-electron chi connectivity index (χ1n) is 5.40. The number of aromatic nitrogens is 1. The van der Waals surface area contributed by atoms with Gasteiger partial charge in [0, 0.05) is 10.9 Å². The van der Waals surface area contributed by atoms with E-state index in [1.807, 2.05) is 11.4 Å². The summed E-state index contributed by atoms with van der Waals surface area (Å²) in [5.74, 6) is 0.521. The van der Waals surface area contributed by atoms with E-state index in [1.165, 1.54) is 12.1 Å². The molecular formula is C13H8FIN2OS. The summed E-state index contributed by atoms with van der Waals surface area (Å²) < 4.78 is 19.8. The molecule has 0 fully saturated rings. The number of hydrogen-bond acceptors (Lipinski definition) is 4. The van der Waals surface area contributed by atoms with Crippen LogP contribution in [0.1, 0.15) is 0 Å². The van der Waals surface area contributed by atoms with Gasteiger partial charge in [-0.25, -0.2) is 4.39 Å². The summed E-state index contributed by atoms with van der Waals surface area (Å²) in [6.45, 7) is 0. The van der Waals surface area contributed by atoms with Crippen LogP contribution in [-0.4, -0.2) is 5.16 Å². The predicted molar refractivity (Wildman–Crippen MR) is 82.3 cm³/mol. The van der Waals surface area contributed by atoms with Crippen LogP contribution in [0.4, 0.5) is 10.2 Å². The molecule has 0 radical (unpaired) electrons. The molecule has 0 unspecified atom stereocenters. The molecule has 96 valence electrons. The Morgan fingerprint density at radius 3 is 2.79 bits per heavy atom. The average molecular weight is 386 g/mol. The zero-order valence-corrected chi connectivity index (χ0v) is 12.5. The Bertz CT molecular complexity index is 738. The van der Waals surface area contributed by atoms with Crippen molar-refractivity contribution in [3.8, 4) is 22.5 Å². The van der Waals surface area contributed by atoms with Gasteiger partial charge >= 0.3 is 0 Å². The van der Waals surface area contributed by atoms with Crippen molar-refractivity contribution >= 4 is 39.7 Å². The second-order valence-electron chi connectivity index (χ2n) is 3.92. The molecule has 3 nitrogen and oxygen atoms in total. The SMILES string of the molecule is Nc1noc(-c2csc(I)c2)c1-c1cccc(F)c1. The Balaban J connectivity index is 2.19. The highest BCUT2D eigenvalue weighted by Gasteiger charge is 2.18. The summed E-state index contributed by atoms with van der Waals surface area (Å²) in [4.78, 5) is 0. The number of thiophene rings is 1. The molecule has 0 spiro atoms. The lowest BCUT2D eigenvalue weighted by atomic mass is 10.0. The van der Waals surface area contributed by atoms with Gasteiger partial charge in [-0.05, 0) is 46.4 Å². The summed E-state index contributed by atoms with van der Waals surface area (Å²) in [5.41, 5.74) is 8.04. The Hall–Kier alpha value is -1.41. The molecule has 19 heavy (non-hydrogen) atoms. The van der Waals surface area contributed by atoms with E-state index in [0.717, 1.165) is 8.45 Å². The van der Waals surface area contributed by atoms with Crippen LogP contribution in [0.25, 0.3) is 22.5 Å². The smallest absolute Gasteiger partial charge is 0.177 e. The molecule has 0 saturated carbocycles. The van der Waals surface area contributed by atoms with Crippen molar-refractivity contribution in [2.45, 2.75) is 0 Å². The number of nitrogens with two attached hydrogens (primary N) is 1. The van der Waals surface area contributed by atoms with E-state index in [-0.39, 0.29) is 11.6 Å². The highest BCUT2D eigenvalue weighted by atomic mass is 127. The largest absolute Gasteiger partial charge is 0.380 e. The molecule has 0 amide bonds. The monoisotopic (exact) mass is 386 g/mol. The molecule has 0 bridgehead atoms. The maximum absolute atomic E-state index is 13.3. The maximum Gasteiger partial charge on any atom is 0.177 e. The normalized spacial score (nSPS) is 10.8.